The molecule has 0 N–H and O–H groups in total. The lowest BCUT2D eigenvalue weighted by Gasteiger charge is -2.36. The van der Waals surface area contributed by atoms with E-state index in [9.17, 15) is 5.26 Å². The Labute approximate surface area is 364 Å². The quantitative estimate of drug-likeness (QED) is 0.160. The Morgan fingerprint density at radius 3 is 1.92 bits per heavy atom. The predicted molar refractivity (Wildman–Crippen MR) is 253 cm³/mol. The first-order chi connectivity index (χ1) is 30.5. The van der Waals surface area contributed by atoms with Crippen LogP contribution in [0.3, 0.4) is 0 Å². The van der Waals surface area contributed by atoms with Crippen LogP contribution in [0.2, 0.25) is 0 Å². The van der Waals surface area contributed by atoms with Crippen molar-refractivity contribution in [3.8, 4) is 62.2 Å². The average Bonchev–Trinajstić information content (AvgIpc) is 3.61. The molecule has 0 aliphatic heterocycles. The molecule has 0 unspecified atom stereocenters. The van der Waals surface area contributed by atoms with Gasteiger partial charge in [0.05, 0.1) is 11.6 Å². The first-order valence-corrected chi connectivity index (χ1v) is 21.9. The Morgan fingerprint density at radius 1 is 0.645 bits per heavy atom. The van der Waals surface area contributed by atoms with E-state index in [-0.39, 0.29) is 5.41 Å². The van der Waals surface area contributed by atoms with Crippen molar-refractivity contribution in [1.29, 1.82) is 5.26 Å². The molecule has 62 heavy (non-hydrogen) atoms. The van der Waals surface area contributed by atoms with Gasteiger partial charge in [-0.15, -0.1) is 0 Å². The number of allylic oxidation sites excluding steroid dienone is 8. The Morgan fingerprint density at radius 2 is 1.27 bits per heavy atom. The number of fused-ring (bicyclic) bond motifs is 2. The van der Waals surface area contributed by atoms with Gasteiger partial charge >= 0.3 is 0 Å². The number of rotatable bonds is 7. The van der Waals surface area contributed by atoms with Crippen molar-refractivity contribution in [1.82, 2.24) is 19.9 Å². The maximum absolute atomic E-state index is 9.86. The summed E-state index contributed by atoms with van der Waals surface area (Å²) in [4.78, 5) is 19.3. The van der Waals surface area contributed by atoms with Gasteiger partial charge in [0, 0.05) is 28.9 Å². The minimum absolute atomic E-state index is 0.0146. The summed E-state index contributed by atoms with van der Waals surface area (Å²) >= 11 is 0. The van der Waals surface area contributed by atoms with Crippen LogP contribution in [-0.2, 0) is 5.41 Å². The molecule has 7 aromatic rings. The number of benzene rings is 5. The van der Waals surface area contributed by atoms with Gasteiger partial charge in [0.1, 0.15) is 0 Å². The normalized spacial score (nSPS) is 16.8. The number of hydrogen-bond acceptors (Lipinski definition) is 5. The average molecular weight is 802 g/mol. The second-order valence-corrected chi connectivity index (χ2v) is 16.7. The molecule has 0 saturated heterocycles. The van der Waals surface area contributed by atoms with Crippen LogP contribution in [0, 0.1) is 11.3 Å². The van der Waals surface area contributed by atoms with Crippen molar-refractivity contribution in [3.05, 3.63) is 198 Å². The second kappa shape index (κ2) is 16.6. The summed E-state index contributed by atoms with van der Waals surface area (Å²) in [6, 6.07) is 47.6. The highest BCUT2D eigenvalue weighted by atomic mass is 15.0. The smallest absolute Gasteiger partial charge is 0.164 e. The number of nitrogens with zero attached hydrogens (tertiary/aromatic N) is 5. The van der Waals surface area contributed by atoms with Crippen molar-refractivity contribution in [2.24, 2.45) is 0 Å². The molecule has 3 aliphatic rings. The van der Waals surface area contributed by atoms with Gasteiger partial charge in [0.15, 0.2) is 17.5 Å². The van der Waals surface area contributed by atoms with E-state index in [2.05, 4.69) is 164 Å². The van der Waals surface area contributed by atoms with E-state index in [1.807, 2.05) is 18.3 Å². The number of pyridine rings is 1. The predicted octanol–water partition coefficient (Wildman–Crippen LogP) is 14.3. The van der Waals surface area contributed by atoms with Crippen molar-refractivity contribution in [2.45, 2.75) is 64.2 Å². The first-order valence-electron chi connectivity index (χ1n) is 21.9. The van der Waals surface area contributed by atoms with E-state index in [1.54, 1.807) is 6.20 Å². The van der Waals surface area contributed by atoms with Crippen LogP contribution in [0.25, 0.3) is 72.9 Å². The zero-order valence-corrected chi connectivity index (χ0v) is 35.3. The summed E-state index contributed by atoms with van der Waals surface area (Å²) in [5.74, 6) is 2.03. The van der Waals surface area contributed by atoms with Crippen LogP contribution >= 0.6 is 0 Å². The lowest BCUT2D eigenvalue weighted by atomic mass is 9.67. The van der Waals surface area contributed by atoms with E-state index in [0.717, 1.165) is 76.0 Å². The highest BCUT2D eigenvalue weighted by Crippen LogP contribution is 2.58. The van der Waals surface area contributed by atoms with Gasteiger partial charge in [-0.05, 0) is 142 Å². The van der Waals surface area contributed by atoms with Gasteiger partial charge in [-0.25, -0.2) is 15.0 Å². The summed E-state index contributed by atoms with van der Waals surface area (Å²) in [6.45, 7) is 4.47. The summed E-state index contributed by atoms with van der Waals surface area (Å²) in [5.41, 5.74) is 18.4. The molecule has 0 atom stereocenters. The van der Waals surface area contributed by atoms with Gasteiger partial charge in [0.2, 0.25) is 0 Å². The summed E-state index contributed by atoms with van der Waals surface area (Å²) in [5, 5.41) is 9.86. The second-order valence-electron chi connectivity index (χ2n) is 16.7. The molecule has 5 aromatic carbocycles. The Balaban J connectivity index is 0.961. The third-order valence-electron chi connectivity index (χ3n) is 13.1. The van der Waals surface area contributed by atoms with Crippen LogP contribution in [-0.4, -0.2) is 19.9 Å². The summed E-state index contributed by atoms with van der Waals surface area (Å²) in [6.07, 6.45) is 20.2. The molecule has 0 bridgehead atoms. The van der Waals surface area contributed by atoms with Crippen LogP contribution < -0.4 is 0 Å². The Hall–Kier alpha value is -7.29. The van der Waals surface area contributed by atoms with E-state index < -0.39 is 0 Å². The van der Waals surface area contributed by atoms with E-state index in [0.29, 0.717) is 11.6 Å². The summed E-state index contributed by atoms with van der Waals surface area (Å²) in [7, 11) is 0. The minimum atomic E-state index is -0.0146. The lowest BCUT2D eigenvalue weighted by Crippen LogP contribution is -2.28. The van der Waals surface area contributed by atoms with E-state index in [1.165, 1.54) is 63.8 Å². The van der Waals surface area contributed by atoms with E-state index >= 15 is 0 Å². The van der Waals surface area contributed by atoms with Crippen LogP contribution in [0.4, 0.5) is 0 Å². The van der Waals surface area contributed by atoms with Gasteiger partial charge in [0.25, 0.3) is 0 Å². The molecule has 1 spiro atoms. The highest BCUT2D eigenvalue weighted by molar-refractivity contribution is 6.04. The number of hydrogen-bond donors (Lipinski definition) is 0. The highest BCUT2D eigenvalue weighted by Gasteiger charge is 2.46. The first kappa shape index (κ1) is 38.9. The largest absolute Gasteiger partial charge is 0.264 e. The molecule has 1 saturated carbocycles. The van der Waals surface area contributed by atoms with Crippen molar-refractivity contribution in [2.75, 3.05) is 0 Å². The molecule has 0 amide bonds. The Bertz CT molecular complexity index is 2990. The molecular formula is C57H47N5. The number of nitriles is 1. The van der Waals surface area contributed by atoms with Gasteiger partial charge in [-0.2, -0.15) is 5.26 Å². The topological polar surface area (TPSA) is 75.3 Å². The number of aromatic nitrogens is 4. The third kappa shape index (κ3) is 7.22. The molecule has 1 fully saturated rings. The third-order valence-corrected chi connectivity index (χ3v) is 13.1. The maximum Gasteiger partial charge on any atom is 0.164 e. The van der Waals surface area contributed by atoms with Crippen LogP contribution in [0.15, 0.2) is 170 Å². The zero-order valence-electron chi connectivity index (χ0n) is 35.3. The van der Waals surface area contributed by atoms with Crippen molar-refractivity contribution < 1.29 is 0 Å². The van der Waals surface area contributed by atoms with Gasteiger partial charge in [-0.3, -0.25) is 4.98 Å². The molecule has 5 heteroatoms. The fourth-order valence-corrected chi connectivity index (χ4v) is 9.95. The monoisotopic (exact) mass is 801 g/mol. The molecule has 300 valence electrons. The van der Waals surface area contributed by atoms with Crippen LogP contribution in [0.1, 0.15) is 86.9 Å². The fourth-order valence-electron chi connectivity index (χ4n) is 9.95. The van der Waals surface area contributed by atoms with Gasteiger partial charge in [-0.1, -0.05) is 141 Å². The molecular weight excluding hydrogens is 755 g/mol. The lowest BCUT2D eigenvalue weighted by molar-refractivity contribution is 0.352. The fraction of sp³-hybridized carbons (Fsp3) is 0.175. The molecule has 5 nitrogen and oxygen atoms in total. The van der Waals surface area contributed by atoms with Crippen LogP contribution in [0.5, 0.6) is 0 Å². The standard InChI is InChI=1S/C57H47N5/c1-3-51-53(50-29-20-39(36-58)33-52(50)57(51)30-8-5-9-31-57)38(2)45-15-10-17-47(34-45)48-18-11-16-46(35-48)40-21-25-43(26-22-40)55-60-54(42-13-6-4-7-14-42)61-56(62-55)44-27-23-41(24-28-44)49-19-12-32-59-37-49/h3-4,6,10-13,15-29,32-35,37H,5,7-9,14,30-31H2,1-2H3/b51-3?,53-38+. The maximum atomic E-state index is 9.86. The molecule has 10 rings (SSSR count). The van der Waals surface area contributed by atoms with Gasteiger partial charge < -0.3 is 0 Å². The molecule has 0 radical (unpaired) electrons. The molecule has 3 aliphatic carbocycles. The van der Waals surface area contributed by atoms with E-state index in [4.69, 9.17) is 15.0 Å². The Kier molecular flexibility index (Phi) is 10.4. The minimum Gasteiger partial charge on any atom is -0.264 e. The SMILES string of the molecule is CC=C1/C(=C(\C)c2cccc(-c3cccc(-c4ccc(-c5nc(C6=CC=CCC6)nc(-c6ccc(-c7cccnc7)cc6)n5)cc4)c3)c2)c2ccc(C#N)cc2C12CCCCC2. The van der Waals surface area contributed by atoms with Crippen molar-refractivity contribution >= 4 is 16.7 Å². The zero-order chi connectivity index (χ0) is 42.0. The van der Waals surface area contributed by atoms with Crippen molar-refractivity contribution in [3.63, 3.8) is 0 Å². The summed E-state index contributed by atoms with van der Waals surface area (Å²) < 4.78 is 0. The molecule has 2 heterocycles. The molecule has 2 aromatic heterocycles.